The first-order chi connectivity index (χ1) is 8.20. The van der Waals surface area contributed by atoms with Crippen molar-refractivity contribution in [1.29, 1.82) is 0 Å². The summed E-state index contributed by atoms with van der Waals surface area (Å²) in [7, 11) is 0. The maximum Gasteiger partial charge on any atom is 0.140 e. The van der Waals surface area contributed by atoms with Crippen LogP contribution in [-0.4, -0.2) is 18.8 Å². The van der Waals surface area contributed by atoms with Crippen LogP contribution in [0.2, 0.25) is 0 Å². The Morgan fingerprint density at radius 3 is 2.82 bits per heavy atom. The number of benzene rings is 1. The van der Waals surface area contributed by atoms with Gasteiger partial charge in [-0.25, -0.2) is 8.78 Å². The van der Waals surface area contributed by atoms with Crippen LogP contribution in [0.1, 0.15) is 24.8 Å². The lowest BCUT2D eigenvalue weighted by Gasteiger charge is -2.23. The highest BCUT2D eigenvalue weighted by atomic mass is 32.2. The Morgan fingerprint density at radius 1 is 1.35 bits per heavy atom. The summed E-state index contributed by atoms with van der Waals surface area (Å²) in [5.74, 6) is -0.604. The molecule has 1 N–H and O–H groups in total. The topological polar surface area (TPSA) is 12.0 Å². The van der Waals surface area contributed by atoms with E-state index < -0.39 is 0 Å². The van der Waals surface area contributed by atoms with Gasteiger partial charge in [-0.3, -0.25) is 0 Å². The largest absolute Gasteiger partial charge is 0.314 e. The number of thioether (sulfide) groups is 1. The van der Waals surface area contributed by atoms with Crippen molar-refractivity contribution in [2.24, 2.45) is 0 Å². The van der Waals surface area contributed by atoms with E-state index in [1.165, 1.54) is 36.7 Å². The van der Waals surface area contributed by atoms with E-state index in [2.05, 4.69) is 5.32 Å². The second-order valence-corrected chi connectivity index (χ2v) is 5.28. The third-order valence-corrected chi connectivity index (χ3v) is 3.91. The Morgan fingerprint density at radius 2 is 2.18 bits per heavy atom. The summed E-state index contributed by atoms with van der Waals surface area (Å²) in [6.07, 6.45) is 5.74. The molecule has 0 spiro atoms. The first-order valence-electron chi connectivity index (χ1n) is 5.96. The fourth-order valence-corrected chi connectivity index (χ4v) is 2.82. The molecule has 1 aliphatic heterocycles. The van der Waals surface area contributed by atoms with E-state index in [4.69, 9.17) is 0 Å². The van der Waals surface area contributed by atoms with Crippen molar-refractivity contribution in [3.05, 3.63) is 29.3 Å². The molecular weight excluding hydrogens is 240 g/mol. The summed E-state index contributed by atoms with van der Waals surface area (Å²) in [6.45, 7) is 0.983. The minimum absolute atomic E-state index is 0.258. The van der Waals surface area contributed by atoms with Crippen LogP contribution in [0.5, 0.6) is 0 Å². The highest BCUT2D eigenvalue weighted by molar-refractivity contribution is 7.98. The third-order valence-electron chi connectivity index (χ3n) is 3.18. The minimum Gasteiger partial charge on any atom is -0.314 e. The van der Waals surface area contributed by atoms with Crippen LogP contribution in [0.25, 0.3) is 0 Å². The monoisotopic (exact) mass is 257 g/mol. The molecule has 1 saturated heterocycles. The van der Waals surface area contributed by atoms with Crippen molar-refractivity contribution in [3.63, 3.8) is 0 Å². The summed E-state index contributed by atoms with van der Waals surface area (Å²) in [6, 6.07) is 2.87. The van der Waals surface area contributed by atoms with E-state index in [1.54, 1.807) is 6.26 Å². The fourth-order valence-electron chi connectivity index (χ4n) is 2.28. The molecule has 1 aromatic carbocycles. The lowest BCUT2D eigenvalue weighted by atomic mass is 9.97. The summed E-state index contributed by atoms with van der Waals surface area (Å²) < 4.78 is 27.3. The first kappa shape index (κ1) is 12.8. The first-order valence-corrected chi connectivity index (χ1v) is 7.18. The molecule has 1 fully saturated rings. The van der Waals surface area contributed by atoms with Crippen LogP contribution >= 0.6 is 11.8 Å². The van der Waals surface area contributed by atoms with Gasteiger partial charge < -0.3 is 5.32 Å². The molecule has 0 aliphatic carbocycles. The quantitative estimate of drug-likeness (QED) is 0.833. The van der Waals surface area contributed by atoms with Crippen LogP contribution in [-0.2, 0) is 6.42 Å². The van der Waals surface area contributed by atoms with Gasteiger partial charge in [0.15, 0.2) is 0 Å². The van der Waals surface area contributed by atoms with Crippen LogP contribution in [0.3, 0.4) is 0 Å². The number of rotatable bonds is 3. The maximum absolute atomic E-state index is 14.0. The van der Waals surface area contributed by atoms with Gasteiger partial charge in [0.2, 0.25) is 0 Å². The molecule has 0 radical (unpaired) electrons. The highest BCUT2D eigenvalue weighted by Crippen LogP contribution is 2.25. The highest BCUT2D eigenvalue weighted by Gasteiger charge is 2.17. The second-order valence-electron chi connectivity index (χ2n) is 4.43. The Bertz CT molecular complexity index is 389. The molecule has 1 aromatic rings. The van der Waals surface area contributed by atoms with E-state index >= 15 is 0 Å². The zero-order valence-electron chi connectivity index (χ0n) is 9.93. The van der Waals surface area contributed by atoms with Crippen LogP contribution < -0.4 is 5.32 Å². The summed E-state index contributed by atoms with van der Waals surface area (Å²) >= 11 is 1.25. The molecule has 0 bridgehead atoms. The normalized spacial score (nSPS) is 20.5. The van der Waals surface area contributed by atoms with E-state index in [0.29, 0.717) is 16.9 Å². The molecular formula is C13H17F2NS. The van der Waals surface area contributed by atoms with Crippen molar-refractivity contribution < 1.29 is 8.78 Å². The molecule has 17 heavy (non-hydrogen) atoms. The van der Waals surface area contributed by atoms with Crippen LogP contribution in [0.15, 0.2) is 17.0 Å². The third kappa shape index (κ3) is 3.19. The molecule has 4 heteroatoms. The second kappa shape index (κ2) is 5.83. The summed E-state index contributed by atoms with van der Waals surface area (Å²) in [5, 5.41) is 3.36. The lowest BCUT2D eigenvalue weighted by molar-refractivity contribution is 0.393. The predicted molar refractivity (Wildman–Crippen MR) is 67.5 cm³/mol. The molecule has 94 valence electrons. The van der Waals surface area contributed by atoms with Crippen molar-refractivity contribution in [2.45, 2.75) is 36.6 Å². The smallest absolute Gasteiger partial charge is 0.140 e. The van der Waals surface area contributed by atoms with Gasteiger partial charge in [-0.1, -0.05) is 6.42 Å². The lowest BCUT2D eigenvalue weighted by Crippen LogP contribution is -2.35. The number of halogens is 2. The number of hydrogen-bond acceptors (Lipinski definition) is 2. The molecule has 0 amide bonds. The summed E-state index contributed by atoms with van der Waals surface area (Å²) in [4.78, 5) is 0.399. The predicted octanol–water partition coefficient (Wildman–Crippen LogP) is 3.37. The Kier molecular flexibility index (Phi) is 4.40. The zero-order valence-corrected chi connectivity index (χ0v) is 10.7. The van der Waals surface area contributed by atoms with E-state index in [-0.39, 0.29) is 17.7 Å². The van der Waals surface area contributed by atoms with Gasteiger partial charge in [0, 0.05) is 10.9 Å². The molecule has 1 heterocycles. The molecule has 2 rings (SSSR count). The number of nitrogens with one attached hydrogen (secondary N) is 1. The fraction of sp³-hybridized carbons (Fsp3) is 0.538. The van der Waals surface area contributed by atoms with Gasteiger partial charge in [0.05, 0.1) is 0 Å². The number of piperidine rings is 1. The SMILES string of the molecule is CSc1cc(F)cc(CC2CCCCN2)c1F. The van der Waals surface area contributed by atoms with Gasteiger partial charge in [-0.05, 0) is 49.8 Å². The summed E-state index contributed by atoms with van der Waals surface area (Å²) in [5.41, 5.74) is 0.494. The number of hydrogen-bond donors (Lipinski definition) is 1. The van der Waals surface area contributed by atoms with Crippen LogP contribution in [0.4, 0.5) is 8.78 Å². The molecule has 1 aliphatic rings. The Balaban J connectivity index is 2.16. The molecule has 1 nitrogen and oxygen atoms in total. The average molecular weight is 257 g/mol. The minimum atomic E-state index is -0.346. The van der Waals surface area contributed by atoms with Crippen molar-refractivity contribution in [1.82, 2.24) is 5.32 Å². The van der Waals surface area contributed by atoms with E-state index in [1.807, 2.05) is 0 Å². The van der Waals surface area contributed by atoms with Crippen molar-refractivity contribution in [3.8, 4) is 0 Å². The molecule has 0 aromatic heterocycles. The van der Waals surface area contributed by atoms with Gasteiger partial charge in [-0.2, -0.15) is 0 Å². The van der Waals surface area contributed by atoms with E-state index in [9.17, 15) is 8.78 Å². The van der Waals surface area contributed by atoms with Crippen LogP contribution in [0, 0.1) is 11.6 Å². The van der Waals surface area contributed by atoms with Crippen molar-refractivity contribution in [2.75, 3.05) is 12.8 Å². The van der Waals surface area contributed by atoms with E-state index in [0.717, 1.165) is 13.0 Å². The molecule has 1 atom stereocenters. The Hall–Kier alpha value is -0.610. The van der Waals surface area contributed by atoms with Gasteiger partial charge in [0.25, 0.3) is 0 Å². The van der Waals surface area contributed by atoms with Gasteiger partial charge in [0.1, 0.15) is 11.6 Å². The Labute approximate surface area is 105 Å². The van der Waals surface area contributed by atoms with Gasteiger partial charge >= 0.3 is 0 Å². The average Bonchev–Trinajstić information content (AvgIpc) is 2.34. The van der Waals surface area contributed by atoms with Crippen molar-refractivity contribution >= 4 is 11.8 Å². The standard InChI is InChI=1S/C13H17F2NS/c1-17-12-8-10(14)6-9(13(12)15)7-11-4-2-3-5-16-11/h6,8,11,16H,2-5,7H2,1H3. The maximum atomic E-state index is 14.0. The molecule has 1 unspecified atom stereocenters. The molecule has 0 saturated carbocycles. The van der Waals surface area contributed by atoms with Gasteiger partial charge in [-0.15, -0.1) is 11.8 Å². The zero-order chi connectivity index (χ0) is 12.3.